The number of carbonyl (C=O) groups excluding carboxylic acids is 1. The van der Waals surface area contributed by atoms with Crippen LogP contribution in [0.1, 0.15) is 28.0 Å². The number of ketones is 1. The lowest BCUT2D eigenvalue weighted by Crippen LogP contribution is -2.45. The second-order valence-corrected chi connectivity index (χ2v) is 8.75. The fraction of sp³-hybridized carbons (Fsp3) is 0.259. The molecule has 2 aromatic carbocycles. The zero-order chi connectivity index (χ0) is 23.5. The van der Waals surface area contributed by atoms with E-state index >= 15 is 0 Å². The summed E-state index contributed by atoms with van der Waals surface area (Å²) in [5.74, 6) is 0.600. The lowest BCUT2D eigenvalue weighted by atomic mass is 10.0. The van der Waals surface area contributed by atoms with Gasteiger partial charge in [0.1, 0.15) is 12.0 Å². The Hall–Kier alpha value is -3.71. The average molecular weight is 456 g/mol. The minimum Gasteiger partial charge on any atom is -0.363 e. The van der Waals surface area contributed by atoms with Crippen LogP contribution in [-0.2, 0) is 6.42 Å². The predicted octanol–water partition coefficient (Wildman–Crippen LogP) is 4.54. The molecule has 6 nitrogen and oxygen atoms in total. The summed E-state index contributed by atoms with van der Waals surface area (Å²) in [6.45, 7) is 3.12. The smallest absolute Gasteiger partial charge is 0.168 e. The first-order valence-electron chi connectivity index (χ1n) is 11.5. The number of Topliss-reactive ketones (excluding diaryl/α,β-unsaturated/α-hetero) is 1. The number of carbonyl (C=O) groups is 1. The van der Waals surface area contributed by atoms with Crippen molar-refractivity contribution in [1.82, 2.24) is 20.3 Å². The number of hydrogen-bond donors (Lipinski definition) is 2. The van der Waals surface area contributed by atoms with E-state index < -0.39 is 6.17 Å². The maximum atomic E-state index is 14.2. The lowest BCUT2D eigenvalue weighted by molar-refractivity contribution is 0.0992. The normalized spacial score (nSPS) is 18.1. The van der Waals surface area contributed by atoms with Crippen LogP contribution >= 0.6 is 0 Å². The van der Waals surface area contributed by atoms with Crippen molar-refractivity contribution in [3.63, 3.8) is 0 Å². The number of nitrogens with one attached hydrogen (secondary N) is 2. The Bertz CT molecular complexity index is 1320. The minimum atomic E-state index is -0.964. The van der Waals surface area contributed by atoms with Crippen LogP contribution in [0.3, 0.4) is 0 Å². The van der Waals surface area contributed by atoms with Gasteiger partial charge in [0.15, 0.2) is 5.78 Å². The van der Waals surface area contributed by atoms with E-state index in [1.54, 1.807) is 18.6 Å². The third kappa shape index (κ3) is 4.94. The van der Waals surface area contributed by atoms with Gasteiger partial charge in [0.05, 0.1) is 30.6 Å². The molecule has 0 spiro atoms. The van der Waals surface area contributed by atoms with Gasteiger partial charge in [0.2, 0.25) is 0 Å². The molecule has 0 aliphatic carbocycles. The van der Waals surface area contributed by atoms with E-state index in [-0.39, 0.29) is 18.2 Å². The molecule has 0 bridgehead atoms. The van der Waals surface area contributed by atoms with Crippen molar-refractivity contribution in [1.29, 1.82) is 0 Å². The first-order chi connectivity index (χ1) is 16.5. The first kappa shape index (κ1) is 22.1. The van der Waals surface area contributed by atoms with Crippen molar-refractivity contribution in [2.75, 3.05) is 18.4 Å². The molecular formula is C27H26FN5O. The summed E-state index contributed by atoms with van der Waals surface area (Å²) in [6, 6.07) is 15.2. The van der Waals surface area contributed by atoms with Crippen LogP contribution in [0.25, 0.3) is 22.0 Å². The fourth-order valence-electron chi connectivity index (χ4n) is 4.20. The number of halogens is 1. The van der Waals surface area contributed by atoms with Gasteiger partial charge in [-0.2, -0.15) is 0 Å². The molecule has 5 rings (SSSR count). The molecule has 2 aromatic heterocycles. The maximum absolute atomic E-state index is 14.2. The summed E-state index contributed by atoms with van der Waals surface area (Å²) in [5.41, 5.74) is 4.12. The molecule has 0 radical (unpaired) electrons. The molecule has 7 heteroatoms. The van der Waals surface area contributed by atoms with Crippen LogP contribution in [0, 0.1) is 6.92 Å². The van der Waals surface area contributed by atoms with Gasteiger partial charge < -0.3 is 10.6 Å². The number of alkyl halides is 1. The highest BCUT2D eigenvalue weighted by Gasteiger charge is 2.24. The number of aromatic nitrogens is 3. The number of fused-ring (bicyclic) bond motifs is 1. The molecule has 1 aliphatic rings. The third-order valence-electron chi connectivity index (χ3n) is 6.17. The van der Waals surface area contributed by atoms with E-state index in [1.807, 2.05) is 55.5 Å². The summed E-state index contributed by atoms with van der Waals surface area (Å²) in [5, 5.41) is 8.20. The second-order valence-electron chi connectivity index (χ2n) is 8.75. The van der Waals surface area contributed by atoms with Gasteiger partial charge in [-0.15, -0.1) is 0 Å². The minimum absolute atomic E-state index is 0.0386. The van der Waals surface area contributed by atoms with Crippen LogP contribution in [0.5, 0.6) is 0 Å². The Kier molecular flexibility index (Phi) is 6.27. The summed E-state index contributed by atoms with van der Waals surface area (Å²) < 4.78 is 14.2. The first-order valence-corrected chi connectivity index (χ1v) is 11.5. The van der Waals surface area contributed by atoms with Crippen molar-refractivity contribution >= 4 is 22.4 Å². The van der Waals surface area contributed by atoms with Gasteiger partial charge in [-0.25, -0.2) is 9.37 Å². The third-order valence-corrected chi connectivity index (χ3v) is 6.17. The van der Waals surface area contributed by atoms with Gasteiger partial charge in [-0.05, 0) is 37.4 Å². The molecule has 172 valence electrons. The number of nitrogens with zero attached hydrogens (tertiary/aromatic N) is 3. The Morgan fingerprint density at radius 2 is 1.94 bits per heavy atom. The Morgan fingerprint density at radius 3 is 2.76 bits per heavy atom. The summed E-state index contributed by atoms with van der Waals surface area (Å²) in [4.78, 5) is 26.1. The number of anilines is 1. The van der Waals surface area contributed by atoms with E-state index in [0.29, 0.717) is 30.0 Å². The highest BCUT2D eigenvalue weighted by molar-refractivity contribution is 5.98. The Morgan fingerprint density at radius 1 is 1.09 bits per heavy atom. The van der Waals surface area contributed by atoms with Gasteiger partial charge in [0, 0.05) is 34.9 Å². The highest BCUT2D eigenvalue weighted by atomic mass is 19.1. The van der Waals surface area contributed by atoms with Crippen molar-refractivity contribution in [2.45, 2.75) is 32.0 Å². The van der Waals surface area contributed by atoms with Gasteiger partial charge >= 0.3 is 0 Å². The molecule has 1 aliphatic heterocycles. The molecule has 1 saturated heterocycles. The highest BCUT2D eigenvalue weighted by Crippen LogP contribution is 2.25. The molecular weight excluding hydrogens is 429 g/mol. The molecule has 3 heterocycles. The quantitative estimate of drug-likeness (QED) is 0.416. The summed E-state index contributed by atoms with van der Waals surface area (Å²) in [7, 11) is 0. The van der Waals surface area contributed by atoms with E-state index in [2.05, 4.69) is 25.6 Å². The van der Waals surface area contributed by atoms with Crippen LogP contribution in [0.4, 0.5) is 10.2 Å². The summed E-state index contributed by atoms with van der Waals surface area (Å²) in [6.07, 6.45) is 5.08. The molecule has 2 atom stereocenters. The standard InChI is InChI=1S/C27H26FN5O/c1-17-2-4-18(5-3-17)26(34)12-22-11-21-10-19(6-7-20(21)13-31-22)25-15-30-16-27(33-25)32-24-8-9-29-14-23(24)28/h2-7,10-11,13,15-16,23-24,29H,8-9,12,14H2,1H3,(H,32,33)/t23-,24-/m0/s1. The van der Waals surface area contributed by atoms with Gasteiger partial charge in [0.25, 0.3) is 0 Å². The SMILES string of the molecule is Cc1ccc(C(=O)Cc2cc3cc(-c4cncc(N[C@H]5CCNC[C@@H]5F)n4)ccc3cn2)cc1. The van der Waals surface area contributed by atoms with Crippen molar-refractivity contribution in [3.05, 3.63) is 83.9 Å². The van der Waals surface area contributed by atoms with Crippen molar-refractivity contribution in [3.8, 4) is 11.3 Å². The molecule has 0 unspecified atom stereocenters. The monoisotopic (exact) mass is 455 g/mol. The molecule has 2 N–H and O–H groups in total. The number of hydrogen-bond acceptors (Lipinski definition) is 6. The molecule has 0 saturated carbocycles. The number of rotatable bonds is 6. The van der Waals surface area contributed by atoms with Gasteiger partial charge in [-0.1, -0.05) is 42.0 Å². The second kappa shape index (κ2) is 9.65. The molecule has 0 amide bonds. The van der Waals surface area contributed by atoms with E-state index in [1.165, 1.54) is 0 Å². The van der Waals surface area contributed by atoms with Gasteiger partial charge in [-0.3, -0.25) is 14.8 Å². The van der Waals surface area contributed by atoms with Crippen molar-refractivity contribution < 1.29 is 9.18 Å². The topological polar surface area (TPSA) is 79.8 Å². The average Bonchev–Trinajstić information content (AvgIpc) is 2.85. The number of aryl methyl sites for hydroxylation is 1. The number of pyridine rings is 1. The fourth-order valence-corrected chi connectivity index (χ4v) is 4.20. The largest absolute Gasteiger partial charge is 0.363 e. The maximum Gasteiger partial charge on any atom is 0.168 e. The molecule has 1 fully saturated rings. The predicted molar refractivity (Wildman–Crippen MR) is 132 cm³/mol. The van der Waals surface area contributed by atoms with Crippen LogP contribution in [0.2, 0.25) is 0 Å². The number of piperidine rings is 1. The van der Waals surface area contributed by atoms with E-state index in [0.717, 1.165) is 34.1 Å². The Balaban J connectivity index is 1.37. The molecule has 34 heavy (non-hydrogen) atoms. The van der Waals surface area contributed by atoms with Crippen molar-refractivity contribution in [2.24, 2.45) is 0 Å². The lowest BCUT2D eigenvalue weighted by Gasteiger charge is -2.27. The number of benzene rings is 2. The molecule has 4 aromatic rings. The van der Waals surface area contributed by atoms with Crippen LogP contribution in [-0.4, -0.2) is 46.0 Å². The van der Waals surface area contributed by atoms with E-state index in [4.69, 9.17) is 0 Å². The zero-order valence-corrected chi connectivity index (χ0v) is 19.0. The summed E-state index contributed by atoms with van der Waals surface area (Å²) >= 11 is 0. The van der Waals surface area contributed by atoms with Crippen LogP contribution < -0.4 is 10.6 Å². The zero-order valence-electron chi connectivity index (χ0n) is 19.0. The van der Waals surface area contributed by atoms with Crippen LogP contribution in [0.15, 0.2) is 67.1 Å². The Labute approximate surface area is 197 Å². The van der Waals surface area contributed by atoms with E-state index in [9.17, 15) is 9.18 Å².